The minimum atomic E-state index is 0.0415. The zero-order valence-electron chi connectivity index (χ0n) is 22.5. The van der Waals surface area contributed by atoms with Crippen molar-refractivity contribution in [1.82, 2.24) is 10.2 Å². The maximum atomic E-state index is 6.36. The molecule has 2 aromatic rings. The third-order valence-electron chi connectivity index (χ3n) is 5.55. The summed E-state index contributed by atoms with van der Waals surface area (Å²) in [4.78, 5) is 8.02. The van der Waals surface area contributed by atoms with Gasteiger partial charge >= 0.3 is 0 Å². The van der Waals surface area contributed by atoms with Gasteiger partial charge in [0.05, 0.1) is 16.8 Å². The SMILES string of the molecule is C=C(O/N=C(\C)c1cccc(C(=C)N2CCNCC2)c1/C=C\C)c1ccc(OC(C)C)c(Cl)c1.CC. The number of rotatable bonds is 9. The van der Waals surface area contributed by atoms with Gasteiger partial charge in [0.15, 0.2) is 5.76 Å². The van der Waals surface area contributed by atoms with Crippen molar-refractivity contribution in [2.24, 2.45) is 5.16 Å². The number of piperazine rings is 1. The molecule has 0 aliphatic carbocycles. The monoisotopic (exact) mass is 509 g/mol. The number of allylic oxidation sites excluding steroid dienone is 1. The minimum Gasteiger partial charge on any atom is -0.489 e. The molecule has 36 heavy (non-hydrogen) atoms. The molecule has 0 saturated carbocycles. The predicted molar refractivity (Wildman–Crippen MR) is 156 cm³/mol. The zero-order valence-corrected chi connectivity index (χ0v) is 23.3. The van der Waals surface area contributed by atoms with Crippen LogP contribution < -0.4 is 10.1 Å². The number of hydrogen-bond donors (Lipinski definition) is 1. The molecule has 1 aliphatic heterocycles. The van der Waals surface area contributed by atoms with Crippen molar-refractivity contribution >= 4 is 34.8 Å². The van der Waals surface area contributed by atoms with Crippen molar-refractivity contribution in [2.75, 3.05) is 26.2 Å². The van der Waals surface area contributed by atoms with E-state index in [0.717, 1.165) is 59.8 Å². The van der Waals surface area contributed by atoms with Gasteiger partial charge in [0, 0.05) is 48.6 Å². The molecule has 0 bridgehead atoms. The van der Waals surface area contributed by atoms with E-state index in [1.165, 1.54) is 0 Å². The van der Waals surface area contributed by atoms with E-state index in [1.807, 2.05) is 71.9 Å². The second-order valence-electron chi connectivity index (χ2n) is 8.45. The van der Waals surface area contributed by atoms with Gasteiger partial charge < -0.3 is 19.8 Å². The van der Waals surface area contributed by atoms with Crippen LogP contribution in [0.3, 0.4) is 0 Å². The van der Waals surface area contributed by atoms with Crippen LogP contribution in [0.2, 0.25) is 5.02 Å². The molecular weight excluding hydrogens is 470 g/mol. The summed E-state index contributed by atoms with van der Waals surface area (Å²) in [6, 6.07) is 11.6. The Balaban J connectivity index is 0.00000222. The van der Waals surface area contributed by atoms with Gasteiger partial charge in [-0.3, -0.25) is 0 Å². The minimum absolute atomic E-state index is 0.0415. The van der Waals surface area contributed by atoms with Crippen molar-refractivity contribution in [3.63, 3.8) is 0 Å². The van der Waals surface area contributed by atoms with Crippen LogP contribution in [0.5, 0.6) is 5.75 Å². The summed E-state index contributed by atoms with van der Waals surface area (Å²) in [5.74, 6) is 1.04. The summed E-state index contributed by atoms with van der Waals surface area (Å²) < 4.78 is 5.70. The molecule has 5 nitrogen and oxygen atoms in total. The summed E-state index contributed by atoms with van der Waals surface area (Å²) in [5.41, 5.74) is 5.66. The summed E-state index contributed by atoms with van der Waals surface area (Å²) in [5, 5.41) is 8.28. The van der Waals surface area contributed by atoms with Gasteiger partial charge in [-0.2, -0.15) is 0 Å². The molecule has 0 aromatic heterocycles. The predicted octanol–water partition coefficient (Wildman–Crippen LogP) is 7.47. The zero-order chi connectivity index (χ0) is 26.7. The smallest absolute Gasteiger partial charge is 0.158 e. The Morgan fingerprint density at radius 3 is 2.39 bits per heavy atom. The Hall–Kier alpha value is -3.02. The number of hydrogen-bond acceptors (Lipinski definition) is 5. The van der Waals surface area contributed by atoms with Crippen LogP contribution in [0.4, 0.5) is 0 Å². The van der Waals surface area contributed by atoms with E-state index >= 15 is 0 Å². The second kappa shape index (κ2) is 14.5. The first-order valence-corrected chi connectivity index (χ1v) is 13.0. The van der Waals surface area contributed by atoms with Gasteiger partial charge in [0.1, 0.15) is 5.75 Å². The average Bonchev–Trinajstić information content (AvgIpc) is 2.89. The molecule has 1 heterocycles. The van der Waals surface area contributed by atoms with Crippen LogP contribution in [-0.2, 0) is 4.84 Å². The van der Waals surface area contributed by atoms with Crippen LogP contribution in [0.15, 0.2) is 60.8 Å². The van der Waals surface area contributed by atoms with Gasteiger partial charge in [-0.1, -0.05) is 74.1 Å². The van der Waals surface area contributed by atoms with Crippen molar-refractivity contribution < 1.29 is 9.57 Å². The van der Waals surface area contributed by atoms with E-state index in [-0.39, 0.29) is 6.10 Å². The Bertz CT molecular complexity index is 1100. The highest BCUT2D eigenvalue weighted by Gasteiger charge is 2.17. The van der Waals surface area contributed by atoms with Crippen LogP contribution in [0.25, 0.3) is 17.5 Å². The van der Waals surface area contributed by atoms with E-state index in [9.17, 15) is 0 Å². The van der Waals surface area contributed by atoms with E-state index in [1.54, 1.807) is 6.07 Å². The molecule has 0 spiro atoms. The molecule has 0 unspecified atom stereocenters. The Morgan fingerprint density at radius 2 is 1.78 bits per heavy atom. The van der Waals surface area contributed by atoms with E-state index < -0.39 is 0 Å². The molecule has 1 fully saturated rings. The standard InChI is InChI=1S/C28H34ClN3O2.C2H6/c1-7-9-26-24(10-8-11-25(26)21(5)32-16-14-30-15-17-32)20(4)31-34-22(6)23-12-13-28(27(29)18-23)33-19(2)3;1-2/h7-13,18-19,30H,5-6,14-17H2,1-4H3;1-2H3/b9-7-,31-20+;. The number of ether oxygens (including phenoxy) is 1. The first-order valence-electron chi connectivity index (χ1n) is 12.6. The summed E-state index contributed by atoms with van der Waals surface area (Å²) in [7, 11) is 0. The highest BCUT2D eigenvalue weighted by molar-refractivity contribution is 6.32. The summed E-state index contributed by atoms with van der Waals surface area (Å²) in [6.45, 7) is 24.1. The number of halogens is 1. The Morgan fingerprint density at radius 1 is 1.11 bits per heavy atom. The molecule has 3 rings (SSSR count). The fourth-order valence-electron chi connectivity index (χ4n) is 3.83. The van der Waals surface area contributed by atoms with Gasteiger partial charge in [-0.05, 0) is 51.5 Å². The molecule has 1 N–H and O–H groups in total. The molecule has 2 aromatic carbocycles. The maximum Gasteiger partial charge on any atom is 0.158 e. The highest BCUT2D eigenvalue weighted by Crippen LogP contribution is 2.30. The number of benzene rings is 2. The van der Waals surface area contributed by atoms with E-state index in [2.05, 4.69) is 40.7 Å². The molecular formula is C30H40ClN3O2. The molecule has 0 atom stereocenters. The topological polar surface area (TPSA) is 46.1 Å². The molecule has 1 aliphatic rings. The highest BCUT2D eigenvalue weighted by atomic mass is 35.5. The van der Waals surface area contributed by atoms with Crippen LogP contribution in [0, 0.1) is 0 Å². The van der Waals surface area contributed by atoms with Crippen LogP contribution in [0.1, 0.15) is 63.8 Å². The third-order valence-corrected chi connectivity index (χ3v) is 5.84. The molecule has 0 radical (unpaired) electrons. The van der Waals surface area contributed by atoms with Gasteiger partial charge in [-0.15, -0.1) is 0 Å². The first-order chi connectivity index (χ1) is 17.3. The summed E-state index contributed by atoms with van der Waals surface area (Å²) in [6.07, 6.45) is 4.17. The first kappa shape index (κ1) is 29.2. The molecule has 194 valence electrons. The third kappa shape index (κ3) is 7.74. The lowest BCUT2D eigenvalue weighted by atomic mass is 9.95. The average molecular weight is 510 g/mol. The van der Waals surface area contributed by atoms with Gasteiger partial charge in [-0.25, -0.2) is 0 Å². The van der Waals surface area contributed by atoms with Crippen molar-refractivity contribution in [2.45, 2.75) is 47.6 Å². The van der Waals surface area contributed by atoms with E-state index in [0.29, 0.717) is 16.5 Å². The molecule has 1 saturated heterocycles. The van der Waals surface area contributed by atoms with Crippen LogP contribution in [-0.4, -0.2) is 42.9 Å². The lowest BCUT2D eigenvalue weighted by molar-refractivity contribution is 0.242. The van der Waals surface area contributed by atoms with Crippen LogP contribution >= 0.6 is 11.6 Å². The summed E-state index contributed by atoms with van der Waals surface area (Å²) >= 11 is 6.36. The van der Waals surface area contributed by atoms with E-state index in [4.69, 9.17) is 21.2 Å². The Labute approximate surface area is 222 Å². The maximum absolute atomic E-state index is 6.36. The number of nitrogens with zero attached hydrogens (tertiary/aromatic N) is 2. The van der Waals surface area contributed by atoms with Crippen molar-refractivity contribution in [3.05, 3.63) is 82.9 Å². The quantitative estimate of drug-likeness (QED) is 0.216. The Kier molecular flexibility index (Phi) is 11.8. The molecule has 6 heteroatoms. The van der Waals surface area contributed by atoms with Gasteiger partial charge in [0.2, 0.25) is 0 Å². The fourth-order valence-corrected chi connectivity index (χ4v) is 4.06. The number of nitrogens with one attached hydrogen (secondary N) is 1. The lowest BCUT2D eigenvalue weighted by Gasteiger charge is -2.32. The van der Waals surface area contributed by atoms with Gasteiger partial charge in [0.25, 0.3) is 0 Å². The lowest BCUT2D eigenvalue weighted by Crippen LogP contribution is -2.42. The largest absolute Gasteiger partial charge is 0.489 e. The molecule has 0 amide bonds. The van der Waals surface area contributed by atoms with Crippen molar-refractivity contribution in [1.29, 1.82) is 0 Å². The number of oxime groups is 1. The fraction of sp³-hybridized carbons (Fsp3) is 0.367. The normalized spacial score (nSPS) is 13.9. The second-order valence-corrected chi connectivity index (χ2v) is 8.86. The van der Waals surface area contributed by atoms with Crippen molar-refractivity contribution in [3.8, 4) is 5.75 Å².